The summed E-state index contributed by atoms with van der Waals surface area (Å²) in [5, 5.41) is 1.67. The van der Waals surface area contributed by atoms with Crippen LogP contribution < -0.4 is 5.32 Å². The maximum absolute atomic E-state index is 13.4. The Morgan fingerprint density at radius 1 is 1.00 bits per heavy atom. The minimum absolute atomic E-state index is 0.0105. The van der Waals surface area contributed by atoms with Gasteiger partial charge < -0.3 is 5.32 Å². The summed E-state index contributed by atoms with van der Waals surface area (Å²) in [5.74, 6) is -3.18. The first kappa shape index (κ1) is 20.9. The standard InChI is InChI=1S/C21H18ClF2NO4S/c22-16-5-3-13(21(27)25-14-4-6-17(23)18(24)10-14)9-19(16)30(28,29)15-7-11-1-2-12(8-15)20(11)26/h3-6,9-12,15H,1-2,7-8H2,(H,25,27)/t11-,12?,15-/m0/s1. The summed E-state index contributed by atoms with van der Waals surface area (Å²) in [7, 11) is -3.86. The quantitative estimate of drug-likeness (QED) is 0.744. The lowest BCUT2D eigenvalue weighted by molar-refractivity contribution is -0.125. The van der Waals surface area contributed by atoms with E-state index >= 15 is 0 Å². The Balaban J connectivity index is 1.60. The molecule has 3 atom stereocenters. The summed E-state index contributed by atoms with van der Waals surface area (Å²) in [6.07, 6.45) is 1.94. The maximum Gasteiger partial charge on any atom is 0.255 e. The average Bonchev–Trinajstić information content (AvgIpc) is 2.91. The number of anilines is 1. The van der Waals surface area contributed by atoms with Crippen molar-refractivity contribution >= 4 is 38.8 Å². The number of fused-ring (bicyclic) bond motifs is 2. The van der Waals surface area contributed by atoms with Crippen molar-refractivity contribution in [2.45, 2.75) is 35.8 Å². The van der Waals surface area contributed by atoms with E-state index in [0.29, 0.717) is 12.8 Å². The first-order valence-corrected chi connectivity index (χ1v) is 11.4. The Morgan fingerprint density at radius 2 is 1.67 bits per heavy atom. The van der Waals surface area contributed by atoms with Gasteiger partial charge in [0.1, 0.15) is 5.78 Å². The molecular formula is C21H18ClF2NO4S. The van der Waals surface area contributed by atoms with E-state index in [-0.39, 0.29) is 51.6 Å². The predicted molar refractivity (Wildman–Crippen MR) is 107 cm³/mol. The summed E-state index contributed by atoms with van der Waals surface area (Å²) in [4.78, 5) is 24.5. The van der Waals surface area contributed by atoms with E-state index < -0.39 is 32.6 Å². The molecule has 0 saturated heterocycles. The Bertz CT molecular complexity index is 1140. The van der Waals surface area contributed by atoms with Crippen LogP contribution in [0.4, 0.5) is 14.5 Å². The van der Waals surface area contributed by atoms with E-state index in [4.69, 9.17) is 11.6 Å². The van der Waals surface area contributed by atoms with Crippen LogP contribution in [0.5, 0.6) is 0 Å². The highest BCUT2D eigenvalue weighted by Gasteiger charge is 2.46. The van der Waals surface area contributed by atoms with Gasteiger partial charge in [0.15, 0.2) is 21.5 Å². The zero-order chi connectivity index (χ0) is 21.6. The molecule has 1 amide bonds. The fourth-order valence-electron chi connectivity index (χ4n) is 4.29. The molecule has 158 valence electrons. The van der Waals surface area contributed by atoms with E-state index in [1.165, 1.54) is 24.3 Å². The Labute approximate surface area is 177 Å². The maximum atomic E-state index is 13.4. The van der Waals surface area contributed by atoms with E-state index in [2.05, 4.69) is 5.32 Å². The summed E-state index contributed by atoms with van der Waals surface area (Å²) in [5.41, 5.74) is 0.0400. The average molecular weight is 454 g/mol. The van der Waals surface area contributed by atoms with Crippen LogP contribution in [0.2, 0.25) is 5.02 Å². The zero-order valence-corrected chi connectivity index (χ0v) is 17.3. The number of carbonyl (C=O) groups is 2. The summed E-state index contributed by atoms with van der Waals surface area (Å²) >= 11 is 6.15. The molecular weight excluding hydrogens is 436 g/mol. The van der Waals surface area contributed by atoms with Crippen LogP contribution in [0.15, 0.2) is 41.3 Å². The Kier molecular flexibility index (Phi) is 5.40. The summed E-state index contributed by atoms with van der Waals surface area (Å²) in [6.45, 7) is 0. The minimum Gasteiger partial charge on any atom is -0.322 e. The molecule has 5 nitrogen and oxygen atoms in total. The number of amides is 1. The molecule has 2 aliphatic rings. The Morgan fingerprint density at radius 3 is 2.30 bits per heavy atom. The van der Waals surface area contributed by atoms with Gasteiger partial charge in [-0.05, 0) is 56.0 Å². The smallest absolute Gasteiger partial charge is 0.255 e. The molecule has 2 aliphatic carbocycles. The van der Waals surface area contributed by atoms with Crippen molar-refractivity contribution in [1.29, 1.82) is 0 Å². The first-order chi connectivity index (χ1) is 14.2. The van der Waals surface area contributed by atoms with Crippen molar-refractivity contribution < 1.29 is 26.8 Å². The number of ketones is 1. The molecule has 0 heterocycles. The number of benzene rings is 2. The number of sulfone groups is 1. The number of nitrogens with one attached hydrogen (secondary N) is 1. The number of Topliss-reactive ketones (excluding diaryl/α,β-unsaturated/α-hetero) is 1. The van der Waals surface area contributed by atoms with Gasteiger partial charge in [0.25, 0.3) is 5.91 Å². The summed E-state index contributed by atoms with van der Waals surface area (Å²) < 4.78 is 52.9. The van der Waals surface area contributed by atoms with Gasteiger partial charge in [-0.1, -0.05) is 11.6 Å². The fourth-order valence-corrected chi connectivity index (χ4v) is 6.69. The third kappa shape index (κ3) is 3.74. The SMILES string of the molecule is O=C(Nc1ccc(F)c(F)c1)c1ccc(Cl)c(S(=O)(=O)[C@@H]2CC3CC[C@@H](C2)C3=O)c1. The molecule has 2 saturated carbocycles. The highest BCUT2D eigenvalue weighted by Crippen LogP contribution is 2.43. The number of halogens is 3. The molecule has 0 aliphatic heterocycles. The summed E-state index contributed by atoms with van der Waals surface area (Å²) in [6, 6.07) is 6.75. The van der Waals surface area contributed by atoms with E-state index in [0.717, 1.165) is 12.1 Å². The largest absolute Gasteiger partial charge is 0.322 e. The van der Waals surface area contributed by atoms with Crippen molar-refractivity contribution in [3.63, 3.8) is 0 Å². The number of hydrogen-bond donors (Lipinski definition) is 1. The second-order valence-electron chi connectivity index (χ2n) is 7.74. The molecule has 2 aromatic carbocycles. The third-order valence-electron chi connectivity index (χ3n) is 5.88. The van der Waals surface area contributed by atoms with Crippen molar-refractivity contribution in [2.75, 3.05) is 5.32 Å². The van der Waals surface area contributed by atoms with Gasteiger partial charge in [-0.2, -0.15) is 0 Å². The molecule has 1 N–H and O–H groups in total. The molecule has 30 heavy (non-hydrogen) atoms. The Hall–Kier alpha value is -2.32. The van der Waals surface area contributed by atoms with Gasteiger partial charge >= 0.3 is 0 Å². The van der Waals surface area contributed by atoms with Crippen molar-refractivity contribution in [3.05, 3.63) is 58.6 Å². The van der Waals surface area contributed by atoms with Gasteiger partial charge in [-0.25, -0.2) is 17.2 Å². The van der Waals surface area contributed by atoms with Gasteiger partial charge in [-0.15, -0.1) is 0 Å². The molecule has 2 fully saturated rings. The zero-order valence-electron chi connectivity index (χ0n) is 15.7. The topological polar surface area (TPSA) is 80.3 Å². The highest BCUT2D eigenvalue weighted by atomic mass is 35.5. The van der Waals surface area contributed by atoms with Crippen LogP contribution in [0.25, 0.3) is 0 Å². The minimum atomic E-state index is -3.86. The van der Waals surface area contributed by atoms with E-state index in [1.807, 2.05) is 0 Å². The normalized spacial score (nSPS) is 23.4. The number of rotatable bonds is 4. The van der Waals surface area contributed by atoms with Crippen LogP contribution >= 0.6 is 11.6 Å². The number of hydrogen-bond acceptors (Lipinski definition) is 4. The lowest BCUT2D eigenvalue weighted by Gasteiger charge is -2.27. The molecule has 9 heteroatoms. The number of carbonyl (C=O) groups excluding carboxylic acids is 2. The van der Waals surface area contributed by atoms with Crippen molar-refractivity contribution in [1.82, 2.24) is 0 Å². The lowest BCUT2D eigenvalue weighted by atomic mass is 9.87. The molecule has 0 spiro atoms. The molecule has 1 unspecified atom stereocenters. The molecule has 0 aromatic heterocycles. The fraction of sp³-hybridized carbons (Fsp3) is 0.333. The van der Waals surface area contributed by atoms with Crippen LogP contribution in [-0.2, 0) is 14.6 Å². The van der Waals surface area contributed by atoms with Crippen molar-refractivity contribution in [2.24, 2.45) is 11.8 Å². The first-order valence-electron chi connectivity index (χ1n) is 9.50. The van der Waals surface area contributed by atoms with Gasteiger partial charge in [0, 0.05) is 29.2 Å². The van der Waals surface area contributed by atoms with Gasteiger partial charge in [-0.3, -0.25) is 9.59 Å². The van der Waals surface area contributed by atoms with Crippen LogP contribution in [-0.4, -0.2) is 25.4 Å². The van der Waals surface area contributed by atoms with E-state index in [9.17, 15) is 26.8 Å². The second kappa shape index (κ2) is 7.74. The third-order valence-corrected chi connectivity index (χ3v) is 8.53. The van der Waals surface area contributed by atoms with E-state index in [1.54, 1.807) is 0 Å². The highest BCUT2D eigenvalue weighted by molar-refractivity contribution is 7.92. The predicted octanol–water partition coefficient (Wildman–Crippen LogP) is 4.40. The lowest BCUT2D eigenvalue weighted by Crippen LogP contribution is -2.34. The van der Waals surface area contributed by atoms with Gasteiger partial charge in [0.05, 0.1) is 15.2 Å². The van der Waals surface area contributed by atoms with Gasteiger partial charge in [0.2, 0.25) is 0 Å². The molecule has 4 rings (SSSR count). The molecule has 2 bridgehead atoms. The second-order valence-corrected chi connectivity index (χ2v) is 10.3. The van der Waals surface area contributed by atoms with Crippen LogP contribution in [0.1, 0.15) is 36.0 Å². The monoisotopic (exact) mass is 453 g/mol. The van der Waals surface area contributed by atoms with Crippen LogP contribution in [0.3, 0.4) is 0 Å². The molecule has 0 radical (unpaired) electrons. The molecule has 2 aromatic rings. The van der Waals surface area contributed by atoms with Crippen molar-refractivity contribution in [3.8, 4) is 0 Å². The van der Waals surface area contributed by atoms with Crippen LogP contribution in [0, 0.1) is 23.5 Å².